The van der Waals surface area contributed by atoms with Crippen molar-refractivity contribution in [1.82, 2.24) is 4.90 Å². The lowest BCUT2D eigenvalue weighted by molar-refractivity contribution is -0.187. The van der Waals surface area contributed by atoms with E-state index in [2.05, 4.69) is 0 Å². The van der Waals surface area contributed by atoms with Crippen LogP contribution in [0.4, 0.5) is 0 Å². The highest BCUT2D eigenvalue weighted by Crippen LogP contribution is 2.46. The number of Topliss-reactive ketones (excluding diaryl/α,β-unsaturated/α-hetero) is 1. The van der Waals surface area contributed by atoms with Gasteiger partial charge in [0.2, 0.25) is 6.41 Å². The van der Waals surface area contributed by atoms with Crippen LogP contribution in [0.2, 0.25) is 0 Å². The molecule has 1 N–H and O–H groups in total. The van der Waals surface area contributed by atoms with Crippen LogP contribution in [0.5, 0.6) is 0 Å². The minimum atomic E-state index is -0.782. The number of carbonyl (C=O) groups is 1. The minimum Gasteiger partial charge on any atom is -0.356 e. The Kier molecular flexibility index (Phi) is 2.60. The van der Waals surface area contributed by atoms with Gasteiger partial charge in [-0.3, -0.25) is 9.69 Å². The van der Waals surface area contributed by atoms with E-state index in [1.807, 2.05) is 11.8 Å². The summed E-state index contributed by atoms with van der Waals surface area (Å²) in [6.07, 6.45) is 1.63. The van der Waals surface area contributed by atoms with E-state index < -0.39 is 6.41 Å². The highest BCUT2D eigenvalue weighted by Gasteiger charge is 2.49. The van der Waals surface area contributed by atoms with Gasteiger partial charge < -0.3 is 9.84 Å². The van der Waals surface area contributed by atoms with Gasteiger partial charge in [-0.15, -0.1) is 0 Å². The van der Waals surface area contributed by atoms with Crippen molar-refractivity contribution in [2.45, 2.75) is 32.6 Å². The van der Waals surface area contributed by atoms with E-state index in [4.69, 9.17) is 4.74 Å². The van der Waals surface area contributed by atoms with E-state index in [9.17, 15) is 9.90 Å². The Labute approximate surface area is 83.8 Å². The summed E-state index contributed by atoms with van der Waals surface area (Å²) >= 11 is 0. The molecule has 0 radical (unpaired) electrons. The molecule has 0 aromatic rings. The van der Waals surface area contributed by atoms with Crippen molar-refractivity contribution < 1.29 is 14.6 Å². The number of hydrogen-bond acceptors (Lipinski definition) is 4. The van der Waals surface area contributed by atoms with E-state index in [-0.39, 0.29) is 5.41 Å². The number of aliphatic hydroxyl groups excluding tert-OH is 1. The van der Waals surface area contributed by atoms with Gasteiger partial charge in [0.1, 0.15) is 5.78 Å². The zero-order chi connectivity index (χ0) is 10.2. The van der Waals surface area contributed by atoms with Gasteiger partial charge in [-0.05, 0) is 18.8 Å². The molecule has 1 saturated carbocycles. The van der Waals surface area contributed by atoms with Gasteiger partial charge in [0.25, 0.3) is 0 Å². The van der Waals surface area contributed by atoms with E-state index in [1.54, 1.807) is 0 Å². The SMILES string of the molecule is CCOC(O)N1CCC2(CC(=O)C2)C1. The zero-order valence-corrected chi connectivity index (χ0v) is 8.53. The van der Waals surface area contributed by atoms with Crippen LogP contribution in [0.3, 0.4) is 0 Å². The Bertz CT molecular complexity index is 234. The second kappa shape index (κ2) is 3.61. The molecule has 1 spiro atoms. The Morgan fingerprint density at radius 2 is 2.36 bits per heavy atom. The lowest BCUT2D eigenvalue weighted by Gasteiger charge is -2.37. The van der Waals surface area contributed by atoms with Crippen LogP contribution in [0.15, 0.2) is 0 Å². The molecule has 14 heavy (non-hydrogen) atoms. The molecule has 80 valence electrons. The topological polar surface area (TPSA) is 49.8 Å². The average molecular weight is 199 g/mol. The summed E-state index contributed by atoms with van der Waals surface area (Å²) < 4.78 is 5.11. The zero-order valence-electron chi connectivity index (χ0n) is 8.53. The fourth-order valence-corrected chi connectivity index (χ4v) is 2.49. The van der Waals surface area contributed by atoms with Crippen LogP contribution >= 0.6 is 0 Å². The number of hydrogen-bond donors (Lipinski definition) is 1. The van der Waals surface area contributed by atoms with Crippen LogP contribution in [-0.2, 0) is 9.53 Å². The number of rotatable bonds is 3. The predicted molar refractivity (Wildman–Crippen MR) is 50.5 cm³/mol. The molecule has 2 aliphatic rings. The minimum absolute atomic E-state index is 0.176. The van der Waals surface area contributed by atoms with Crippen molar-refractivity contribution in [3.63, 3.8) is 0 Å². The Balaban J connectivity index is 1.85. The van der Waals surface area contributed by atoms with Crippen molar-refractivity contribution in [3.05, 3.63) is 0 Å². The first-order valence-electron chi connectivity index (χ1n) is 5.21. The Morgan fingerprint density at radius 3 is 2.93 bits per heavy atom. The predicted octanol–water partition coefficient (Wildman–Crippen LogP) is 0.354. The molecule has 1 saturated heterocycles. The van der Waals surface area contributed by atoms with E-state index in [0.29, 0.717) is 25.2 Å². The van der Waals surface area contributed by atoms with Gasteiger partial charge >= 0.3 is 0 Å². The summed E-state index contributed by atoms with van der Waals surface area (Å²) in [5.74, 6) is 0.359. The molecule has 0 aromatic heterocycles. The van der Waals surface area contributed by atoms with Crippen LogP contribution in [-0.4, -0.2) is 41.9 Å². The molecule has 4 nitrogen and oxygen atoms in total. The maximum atomic E-state index is 11.0. The van der Waals surface area contributed by atoms with Crippen LogP contribution < -0.4 is 0 Å². The van der Waals surface area contributed by atoms with E-state index >= 15 is 0 Å². The maximum absolute atomic E-state index is 11.0. The van der Waals surface area contributed by atoms with Gasteiger partial charge in [0.15, 0.2) is 0 Å². The molecular formula is C10H17NO3. The normalized spacial score (nSPS) is 28.0. The molecule has 0 amide bonds. The third-order valence-electron chi connectivity index (χ3n) is 3.24. The molecule has 4 heteroatoms. The lowest BCUT2D eigenvalue weighted by atomic mass is 9.67. The Hall–Kier alpha value is -0.450. The summed E-state index contributed by atoms with van der Waals surface area (Å²) in [4.78, 5) is 12.9. The molecule has 2 rings (SSSR count). The largest absolute Gasteiger partial charge is 0.356 e. The molecular weight excluding hydrogens is 182 g/mol. The van der Waals surface area contributed by atoms with E-state index in [0.717, 1.165) is 19.5 Å². The fourth-order valence-electron chi connectivity index (χ4n) is 2.49. The second-order valence-electron chi connectivity index (χ2n) is 4.39. The third-order valence-corrected chi connectivity index (χ3v) is 3.24. The van der Waals surface area contributed by atoms with Gasteiger partial charge in [-0.1, -0.05) is 0 Å². The quantitative estimate of drug-likeness (QED) is 0.666. The number of ether oxygens (including phenoxy) is 1. The summed E-state index contributed by atoms with van der Waals surface area (Å²) in [6, 6.07) is 0. The number of likely N-dealkylation sites (tertiary alicyclic amines) is 1. The Morgan fingerprint density at radius 1 is 1.64 bits per heavy atom. The average Bonchev–Trinajstić information content (AvgIpc) is 2.49. The summed E-state index contributed by atoms with van der Waals surface area (Å²) in [5, 5.41) is 9.59. The first-order valence-corrected chi connectivity index (χ1v) is 5.21. The summed E-state index contributed by atoms with van der Waals surface area (Å²) in [7, 11) is 0. The highest BCUT2D eigenvalue weighted by molar-refractivity contribution is 5.86. The van der Waals surface area contributed by atoms with Crippen molar-refractivity contribution in [2.75, 3.05) is 19.7 Å². The summed E-state index contributed by atoms with van der Waals surface area (Å²) in [6.45, 7) is 4.03. The second-order valence-corrected chi connectivity index (χ2v) is 4.39. The number of aliphatic hydroxyl groups is 1. The monoisotopic (exact) mass is 199 g/mol. The van der Waals surface area contributed by atoms with Crippen molar-refractivity contribution >= 4 is 5.78 Å². The third kappa shape index (κ3) is 1.69. The molecule has 1 heterocycles. The molecule has 1 atom stereocenters. The van der Waals surface area contributed by atoms with Crippen LogP contribution in [0.25, 0.3) is 0 Å². The van der Waals surface area contributed by atoms with Crippen LogP contribution in [0.1, 0.15) is 26.2 Å². The molecule has 0 aromatic carbocycles. The lowest BCUT2D eigenvalue weighted by Crippen LogP contribution is -2.43. The fraction of sp³-hybridized carbons (Fsp3) is 0.900. The first-order chi connectivity index (χ1) is 6.65. The van der Waals surface area contributed by atoms with E-state index in [1.165, 1.54) is 0 Å². The number of carbonyl (C=O) groups excluding carboxylic acids is 1. The van der Waals surface area contributed by atoms with Crippen molar-refractivity contribution in [2.24, 2.45) is 5.41 Å². The molecule has 1 unspecified atom stereocenters. The van der Waals surface area contributed by atoms with Gasteiger partial charge in [0, 0.05) is 32.5 Å². The molecule has 0 bridgehead atoms. The standard InChI is InChI=1S/C10H17NO3/c1-2-14-9(13)11-4-3-10(7-11)5-8(12)6-10/h9,13H,2-7H2,1H3. The highest BCUT2D eigenvalue weighted by atomic mass is 16.6. The number of ketones is 1. The maximum Gasteiger partial charge on any atom is 0.216 e. The van der Waals surface area contributed by atoms with Crippen molar-refractivity contribution in [1.29, 1.82) is 0 Å². The van der Waals surface area contributed by atoms with Crippen molar-refractivity contribution in [3.8, 4) is 0 Å². The van der Waals surface area contributed by atoms with Gasteiger partial charge in [-0.25, -0.2) is 0 Å². The van der Waals surface area contributed by atoms with Crippen LogP contribution in [0, 0.1) is 5.41 Å². The summed E-state index contributed by atoms with van der Waals surface area (Å²) in [5.41, 5.74) is 0.176. The van der Waals surface area contributed by atoms with Gasteiger partial charge in [-0.2, -0.15) is 0 Å². The van der Waals surface area contributed by atoms with Gasteiger partial charge in [0.05, 0.1) is 0 Å². The molecule has 2 fully saturated rings. The first kappa shape index (κ1) is 10.1. The smallest absolute Gasteiger partial charge is 0.216 e. The molecule has 1 aliphatic carbocycles. The number of nitrogens with zero attached hydrogens (tertiary/aromatic N) is 1. The molecule has 1 aliphatic heterocycles.